The fraction of sp³-hybridized carbons (Fsp3) is 0.391. The van der Waals surface area contributed by atoms with Crippen LogP contribution in [0.25, 0.3) is 22.0 Å². The number of carbonyl (C=O) groups excluding carboxylic acids is 1. The molecule has 1 amide bonds. The molecule has 0 radical (unpaired) electrons. The first-order chi connectivity index (χ1) is 14.2. The molecule has 3 aromatic rings. The van der Waals surface area contributed by atoms with Crippen molar-refractivity contribution in [2.24, 2.45) is 0 Å². The van der Waals surface area contributed by atoms with Crippen molar-refractivity contribution in [1.29, 1.82) is 0 Å². The quantitative estimate of drug-likeness (QED) is 0.604. The van der Waals surface area contributed by atoms with Gasteiger partial charge in [-0.1, -0.05) is 13.3 Å². The predicted octanol–water partition coefficient (Wildman–Crippen LogP) is 5.18. The van der Waals surface area contributed by atoms with E-state index in [4.69, 9.17) is 4.74 Å². The second-order valence-electron chi connectivity index (χ2n) is 8.34. The van der Waals surface area contributed by atoms with Crippen LogP contribution in [0.2, 0.25) is 0 Å². The van der Waals surface area contributed by atoms with E-state index in [2.05, 4.69) is 20.3 Å². The first-order valence-corrected chi connectivity index (χ1v) is 10.1. The Morgan fingerprint density at radius 1 is 1.10 bits per heavy atom. The minimum atomic E-state index is -0.578. The molecule has 158 valence electrons. The fourth-order valence-corrected chi connectivity index (χ4v) is 3.11. The molecule has 0 aliphatic carbocycles. The van der Waals surface area contributed by atoms with E-state index in [-0.39, 0.29) is 0 Å². The Bertz CT molecular complexity index is 1060. The summed E-state index contributed by atoms with van der Waals surface area (Å²) in [6, 6.07) is 5.60. The van der Waals surface area contributed by atoms with Crippen molar-refractivity contribution in [1.82, 2.24) is 15.0 Å². The smallest absolute Gasteiger partial charge is 0.413 e. The molecular weight excluding hydrogens is 380 g/mol. The zero-order chi connectivity index (χ0) is 21.9. The highest BCUT2D eigenvalue weighted by atomic mass is 16.6. The van der Waals surface area contributed by atoms with Gasteiger partial charge in [0.25, 0.3) is 0 Å². The van der Waals surface area contributed by atoms with E-state index in [9.17, 15) is 9.90 Å². The van der Waals surface area contributed by atoms with Gasteiger partial charge < -0.3 is 9.84 Å². The average molecular weight is 409 g/mol. The molecule has 1 unspecified atom stereocenters. The van der Waals surface area contributed by atoms with E-state index in [1.807, 2.05) is 26.0 Å². The molecule has 3 aromatic heterocycles. The van der Waals surface area contributed by atoms with Crippen molar-refractivity contribution in [3.05, 3.63) is 48.0 Å². The van der Waals surface area contributed by atoms with Crippen molar-refractivity contribution in [2.75, 3.05) is 5.32 Å². The van der Waals surface area contributed by atoms with Gasteiger partial charge >= 0.3 is 6.09 Å². The highest BCUT2D eigenvalue weighted by Crippen LogP contribution is 2.27. The Labute approximate surface area is 176 Å². The molecular formula is C23H28N4O3. The number of carbonyl (C=O) groups is 1. The highest BCUT2D eigenvalue weighted by Gasteiger charge is 2.17. The number of aliphatic hydroxyl groups excluding tert-OH is 1. The molecule has 1 atom stereocenters. The molecule has 0 saturated heterocycles. The van der Waals surface area contributed by atoms with Gasteiger partial charge in [-0.25, -0.2) is 9.78 Å². The second-order valence-corrected chi connectivity index (χ2v) is 8.34. The monoisotopic (exact) mass is 408 g/mol. The predicted molar refractivity (Wildman–Crippen MR) is 117 cm³/mol. The minimum Gasteiger partial charge on any atom is -0.444 e. The van der Waals surface area contributed by atoms with E-state index in [1.165, 1.54) is 0 Å². The summed E-state index contributed by atoms with van der Waals surface area (Å²) in [5.74, 6) is 0.401. The molecule has 0 bridgehead atoms. The lowest BCUT2D eigenvalue weighted by atomic mass is 10.0. The number of aromatic nitrogens is 3. The maximum atomic E-state index is 11.9. The topological polar surface area (TPSA) is 97.2 Å². The van der Waals surface area contributed by atoms with E-state index in [0.717, 1.165) is 34.0 Å². The lowest BCUT2D eigenvalue weighted by Gasteiger charge is -2.19. The largest absolute Gasteiger partial charge is 0.444 e. The molecule has 0 aliphatic rings. The van der Waals surface area contributed by atoms with Crippen LogP contribution in [0.4, 0.5) is 10.6 Å². The minimum absolute atomic E-state index is 0.401. The third-order valence-electron chi connectivity index (χ3n) is 4.54. The van der Waals surface area contributed by atoms with Crippen molar-refractivity contribution in [2.45, 2.75) is 59.2 Å². The third-order valence-corrected chi connectivity index (χ3v) is 4.54. The number of nitrogens with one attached hydrogen (secondary N) is 1. The van der Waals surface area contributed by atoms with Gasteiger partial charge in [-0.3, -0.25) is 15.3 Å². The van der Waals surface area contributed by atoms with Crippen LogP contribution in [-0.2, 0) is 4.74 Å². The number of ether oxygens (including phenoxy) is 1. The molecule has 3 rings (SSSR count). The van der Waals surface area contributed by atoms with Gasteiger partial charge in [0.2, 0.25) is 0 Å². The number of nitrogens with zero attached hydrogens (tertiary/aromatic N) is 3. The highest BCUT2D eigenvalue weighted by molar-refractivity contribution is 5.90. The van der Waals surface area contributed by atoms with E-state index in [0.29, 0.717) is 17.9 Å². The Kier molecular flexibility index (Phi) is 6.31. The van der Waals surface area contributed by atoms with Gasteiger partial charge in [-0.2, -0.15) is 0 Å². The number of aliphatic hydroxyl groups is 1. The third kappa shape index (κ3) is 5.30. The molecule has 2 N–H and O–H groups in total. The summed E-state index contributed by atoms with van der Waals surface area (Å²) in [4.78, 5) is 25.2. The zero-order valence-electron chi connectivity index (χ0n) is 18.1. The molecule has 7 nitrogen and oxygen atoms in total. The Morgan fingerprint density at radius 3 is 2.47 bits per heavy atom. The van der Waals surface area contributed by atoms with Crippen molar-refractivity contribution >= 4 is 22.7 Å². The summed E-state index contributed by atoms with van der Waals surface area (Å²) in [6.45, 7) is 9.43. The number of hydrogen-bond acceptors (Lipinski definition) is 6. The van der Waals surface area contributed by atoms with Gasteiger partial charge in [-0.15, -0.1) is 0 Å². The summed E-state index contributed by atoms with van der Waals surface area (Å²) in [6.07, 6.45) is 5.67. The van der Waals surface area contributed by atoms with E-state index in [1.54, 1.807) is 45.4 Å². The van der Waals surface area contributed by atoms with Crippen LogP contribution in [0.15, 0.2) is 36.8 Å². The molecule has 7 heteroatoms. The summed E-state index contributed by atoms with van der Waals surface area (Å²) < 4.78 is 5.26. The van der Waals surface area contributed by atoms with Crippen LogP contribution < -0.4 is 5.32 Å². The summed E-state index contributed by atoms with van der Waals surface area (Å²) >= 11 is 0. The molecule has 0 aromatic carbocycles. The molecule has 0 aliphatic heterocycles. The number of hydrogen-bond donors (Lipinski definition) is 2. The van der Waals surface area contributed by atoms with Crippen LogP contribution in [-0.4, -0.2) is 31.8 Å². The first kappa shape index (κ1) is 21.6. The lowest BCUT2D eigenvalue weighted by molar-refractivity contribution is 0.0635. The van der Waals surface area contributed by atoms with Gasteiger partial charge in [0.1, 0.15) is 11.4 Å². The van der Waals surface area contributed by atoms with Crippen LogP contribution in [0.5, 0.6) is 0 Å². The lowest BCUT2D eigenvalue weighted by Crippen LogP contribution is -2.27. The summed E-state index contributed by atoms with van der Waals surface area (Å²) in [5.41, 5.74) is 2.78. The van der Waals surface area contributed by atoms with Gasteiger partial charge in [0, 0.05) is 34.9 Å². The van der Waals surface area contributed by atoms with Gasteiger partial charge in [0.05, 0.1) is 17.5 Å². The average Bonchev–Trinajstić information content (AvgIpc) is 2.66. The Balaban J connectivity index is 1.83. The van der Waals surface area contributed by atoms with Gasteiger partial charge in [-0.05, 0) is 57.9 Å². The molecule has 0 saturated carbocycles. The first-order valence-electron chi connectivity index (χ1n) is 10.1. The molecule has 0 spiro atoms. The van der Waals surface area contributed by atoms with E-state index >= 15 is 0 Å². The number of aryl methyl sites for hydroxylation is 1. The van der Waals surface area contributed by atoms with Crippen molar-refractivity contribution < 1.29 is 14.6 Å². The molecule has 30 heavy (non-hydrogen) atoms. The normalized spacial score (nSPS) is 12.6. The maximum absolute atomic E-state index is 11.9. The Hall–Kier alpha value is -3.06. The summed E-state index contributed by atoms with van der Waals surface area (Å²) in [5, 5.41) is 14.6. The van der Waals surface area contributed by atoms with E-state index < -0.39 is 17.8 Å². The van der Waals surface area contributed by atoms with Crippen LogP contribution >= 0.6 is 0 Å². The second kappa shape index (κ2) is 8.75. The van der Waals surface area contributed by atoms with Crippen LogP contribution in [0, 0.1) is 6.92 Å². The molecule has 3 heterocycles. The fourth-order valence-electron chi connectivity index (χ4n) is 3.11. The number of fused-ring (bicyclic) bond motifs is 1. The van der Waals surface area contributed by atoms with Crippen molar-refractivity contribution in [3.63, 3.8) is 0 Å². The maximum Gasteiger partial charge on any atom is 0.413 e. The van der Waals surface area contributed by atoms with Crippen LogP contribution in [0.1, 0.15) is 57.9 Å². The number of rotatable bonds is 5. The molecule has 0 fully saturated rings. The van der Waals surface area contributed by atoms with Crippen molar-refractivity contribution in [3.8, 4) is 11.3 Å². The number of anilines is 1. The standard InChI is InChI=1S/C23H28N4O3/c1-6-7-20(28)19-8-14(2)17(13-25-19)18-9-15-12-26-21(10-16(15)11-24-18)27-22(29)30-23(3,4)5/h8-13,20,28H,6-7H2,1-5H3,(H,26,27,29). The zero-order valence-corrected chi connectivity index (χ0v) is 18.1. The Morgan fingerprint density at radius 2 is 1.80 bits per heavy atom. The van der Waals surface area contributed by atoms with Crippen LogP contribution in [0.3, 0.4) is 0 Å². The SMILES string of the molecule is CCCC(O)c1cc(C)c(-c2cc3cnc(NC(=O)OC(C)(C)C)cc3cn2)cn1. The summed E-state index contributed by atoms with van der Waals surface area (Å²) in [7, 11) is 0. The number of pyridine rings is 3. The van der Waals surface area contributed by atoms with Gasteiger partial charge in [0.15, 0.2) is 0 Å². The number of amides is 1.